The molecule has 2 unspecified atom stereocenters. The molecular formula is C27H40N4O6. The Morgan fingerprint density at radius 2 is 1.57 bits per heavy atom. The van der Waals surface area contributed by atoms with Crippen LogP contribution in [0.15, 0.2) is 24.3 Å². The number of aliphatic hydroxyl groups is 1. The Bertz CT molecular complexity index is 986. The maximum absolute atomic E-state index is 13.5. The van der Waals surface area contributed by atoms with Gasteiger partial charge in [0.15, 0.2) is 0 Å². The molecule has 5 atom stereocenters. The average molecular weight is 517 g/mol. The Morgan fingerprint density at radius 3 is 2.11 bits per heavy atom. The molecule has 1 aromatic carbocycles. The highest BCUT2D eigenvalue weighted by molar-refractivity contribution is 5.87. The number of anilines is 1. The summed E-state index contributed by atoms with van der Waals surface area (Å²) < 4.78 is 0. The third kappa shape index (κ3) is 5.85. The fraction of sp³-hybridized carbons (Fsp3) is 0.667. The molecular weight excluding hydrogens is 476 g/mol. The molecule has 2 saturated heterocycles. The van der Waals surface area contributed by atoms with E-state index in [0.29, 0.717) is 45.4 Å². The number of benzene rings is 1. The number of nitrogens with zero attached hydrogens (tertiary/aromatic N) is 3. The molecule has 10 nitrogen and oxygen atoms in total. The van der Waals surface area contributed by atoms with Crippen LogP contribution in [-0.4, -0.2) is 88.5 Å². The maximum atomic E-state index is 13.5. The predicted octanol–water partition coefficient (Wildman–Crippen LogP) is 2.14. The quantitative estimate of drug-likeness (QED) is 0.356. The van der Waals surface area contributed by atoms with E-state index in [4.69, 9.17) is 0 Å². The van der Waals surface area contributed by atoms with E-state index in [1.165, 1.54) is 10.5 Å². The van der Waals surface area contributed by atoms with Gasteiger partial charge in [-0.2, -0.15) is 0 Å². The molecule has 2 heterocycles. The van der Waals surface area contributed by atoms with E-state index in [1.54, 1.807) is 5.48 Å². The van der Waals surface area contributed by atoms with Crippen LogP contribution in [0.3, 0.4) is 0 Å². The van der Waals surface area contributed by atoms with Crippen LogP contribution < -0.4 is 10.4 Å². The van der Waals surface area contributed by atoms with Gasteiger partial charge in [0.1, 0.15) is 0 Å². The summed E-state index contributed by atoms with van der Waals surface area (Å²) in [5.74, 6) is -2.31. The second kappa shape index (κ2) is 10.9. The number of carbonyl (C=O) groups excluding carboxylic acids is 2. The summed E-state index contributed by atoms with van der Waals surface area (Å²) in [7, 11) is 0. The van der Waals surface area contributed by atoms with Crippen molar-refractivity contribution >= 4 is 23.6 Å². The summed E-state index contributed by atoms with van der Waals surface area (Å²) in [5.41, 5.74) is 4.22. The van der Waals surface area contributed by atoms with Crippen molar-refractivity contribution in [1.82, 2.24) is 15.3 Å². The van der Waals surface area contributed by atoms with Crippen LogP contribution in [0.5, 0.6) is 0 Å². The lowest BCUT2D eigenvalue weighted by atomic mass is 9.68. The minimum Gasteiger partial charge on any atom is -0.465 e. The fourth-order valence-corrected chi connectivity index (χ4v) is 6.28. The number of amides is 3. The van der Waals surface area contributed by atoms with Crippen LogP contribution >= 0.6 is 0 Å². The maximum Gasteiger partial charge on any atom is 0.407 e. The number of likely N-dealkylation sites (tertiary alicyclic amines) is 1. The molecule has 0 radical (unpaired) electrons. The van der Waals surface area contributed by atoms with Crippen molar-refractivity contribution in [3.63, 3.8) is 0 Å². The van der Waals surface area contributed by atoms with Gasteiger partial charge in [-0.25, -0.2) is 10.3 Å². The largest absolute Gasteiger partial charge is 0.465 e. The van der Waals surface area contributed by atoms with Crippen LogP contribution in [-0.2, 0) is 15.0 Å². The lowest BCUT2D eigenvalue weighted by Gasteiger charge is -2.42. The lowest BCUT2D eigenvalue weighted by Crippen LogP contribution is -2.53. The van der Waals surface area contributed by atoms with E-state index < -0.39 is 29.9 Å². The van der Waals surface area contributed by atoms with Gasteiger partial charge in [0.2, 0.25) is 11.8 Å². The third-order valence-corrected chi connectivity index (χ3v) is 8.55. The zero-order valence-corrected chi connectivity index (χ0v) is 22.0. The first-order valence-corrected chi connectivity index (χ1v) is 13.2. The zero-order valence-electron chi connectivity index (χ0n) is 22.0. The summed E-state index contributed by atoms with van der Waals surface area (Å²) in [6, 6.07) is 8.56. The van der Waals surface area contributed by atoms with Crippen LogP contribution in [0.4, 0.5) is 10.5 Å². The molecule has 204 valence electrons. The number of piperazine rings is 1. The highest BCUT2D eigenvalue weighted by Crippen LogP contribution is 2.42. The first kappa shape index (κ1) is 27.2. The highest BCUT2D eigenvalue weighted by Gasteiger charge is 2.46. The van der Waals surface area contributed by atoms with E-state index in [2.05, 4.69) is 49.9 Å². The Labute approximate surface area is 218 Å². The minimum absolute atomic E-state index is 0.0545. The number of aliphatic hydroxyl groups excluding tert-OH is 1. The minimum atomic E-state index is -1.07. The molecule has 3 fully saturated rings. The molecule has 1 saturated carbocycles. The van der Waals surface area contributed by atoms with Crippen LogP contribution in [0, 0.1) is 23.7 Å². The summed E-state index contributed by atoms with van der Waals surface area (Å²) in [5, 5.41) is 29.1. The van der Waals surface area contributed by atoms with E-state index in [0.717, 1.165) is 5.69 Å². The molecule has 4 rings (SSSR count). The molecule has 1 aromatic rings. The second-order valence-corrected chi connectivity index (χ2v) is 11.8. The van der Waals surface area contributed by atoms with Crippen molar-refractivity contribution in [2.45, 2.75) is 51.6 Å². The van der Waals surface area contributed by atoms with Gasteiger partial charge < -0.3 is 24.9 Å². The number of nitrogens with one attached hydrogen (secondary N) is 1. The zero-order chi connectivity index (χ0) is 26.9. The van der Waals surface area contributed by atoms with Crippen molar-refractivity contribution in [2.75, 3.05) is 44.2 Å². The standard InChI is InChI=1S/C27H40N4O6/c1-27(2,3)18-5-7-19(8-6-18)29-10-12-30(13-11-29)25(34)20-9-4-17(14-21(20)24(33)28-37)22-15-31(26(35)36)16-23(22)32/h5-8,17,20-23,32,37H,4,9-16H2,1-3H3,(H,28,33)(H,35,36)/t17-,20?,21?,22+,23-/m0/s1. The molecule has 0 bridgehead atoms. The van der Waals surface area contributed by atoms with Crippen molar-refractivity contribution in [1.29, 1.82) is 0 Å². The Hall–Kier alpha value is -2.85. The Balaban J connectivity index is 1.37. The molecule has 4 N–H and O–H groups in total. The molecule has 10 heteroatoms. The topological polar surface area (TPSA) is 134 Å². The first-order valence-electron chi connectivity index (χ1n) is 13.2. The highest BCUT2D eigenvalue weighted by atomic mass is 16.5. The molecule has 2 aliphatic heterocycles. The van der Waals surface area contributed by atoms with E-state index >= 15 is 0 Å². The average Bonchev–Trinajstić information content (AvgIpc) is 3.29. The monoisotopic (exact) mass is 516 g/mol. The summed E-state index contributed by atoms with van der Waals surface area (Å²) in [6.07, 6.45) is -0.443. The number of carbonyl (C=O) groups is 3. The molecule has 1 aliphatic carbocycles. The first-order chi connectivity index (χ1) is 17.5. The molecule has 3 aliphatic rings. The third-order valence-electron chi connectivity index (χ3n) is 8.55. The van der Waals surface area contributed by atoms with Gasteiger partial charge in [0.05, 0.1) is 18.6 Å². The van der Waals surface area contributed by atoms with Crippen molar-refractivity contribution in [3.05, 3.63) is 29.8 Å². The van der Waals surface area contributed by atoms with Crippen molar-refractivity contribution in [2.24, 2.45) is 23.7 Å². The normalized spacial score (nSPS) is 28.8. The summed E-state index contributed by atoms with van der Waals surface area (Å²) in [4.78, 5) is 42.8. The SMILES string of the molecule is CC(C)(C)c1ccc(N2CCN(C(=O)C3CC[C@H]([C@H]4CN(C(=O)O)C[C@@H]4O)CC3C(=O)NO)CC2)cc1. The number of hydrogen-bond acceptors (Lipinski definition) is 6. The molecule has 37 heavy (non-hydrogen) atoms. The molecule has 0 spiro atoms. The van der Waals surface area contributed by atoms with Crippen LogP contribution in [0.25, 0.3) is 0 Å². The van der Waals surface area contributed by atoms with E-state index in [9.17, 15) is 29.8 Å². The molecule has 0 aromatic heterocycles. The number of β-amino-alcohol motifs (C(OH)–C–C–N with tert-alkyl or cyclic N) is 1. The fourth-order valence-electron chi connectivity index (χ4n) is 6.28. The summed E-state index contributed by atoms with van der Waals surface area (Å²) >= 11 is 0. The summed E-state index contributed by atoms with van der Waals surface area (Å²) in [6.45, 7) is 9.34. The predicted molar refractivity (Wildman–Crippen MR) is 137 cm³/mol. The van der Waals surface area contributed by atoms with Gasteiger partial charge in [-0.05, 0) is 48.3 Å². The number of hydroxylamine groups is 1. The van der Waals surface area contributed by atoms with Gasteiger partial charge in [-0.15, -0.1) is 0 Å². The van der Waals surface area contributed by atoms with Crippen molar-refractivity contribution < 1.29 is 29.8 Å². The van der Waals surface area contributed by atoms with Crippen molar-refractivity contribution in [3.8, 4) is 0 Å². The van der Waals surface area contributed by atoms with Gasteiger partial charge in [-0.1, -0.05) is 32.9 Å². The van der Waals surface area contributed by atoms with Gasteiger partial charge >= 0.3 is 6.09 Å². The van der Waals surface area contributed by atoms with Gasteiger partial charge in [-0.3, -0.25) is 14.8 Å². The van der Waals surface area contributed by atoms with Crippen LogP contribution in [0.1, 0.15) is 45.6 Å². The smallest absolute Gasteiger partial charge is 0.407 e. The lowest BCUT2D eigenvalue weighted by molar-refractivity contribution is -0.148. The number of hydrogen-bond donors (Lipinski definition) is 4. The number of carboxylic acid groups (broad SMARTS) is 1. The van der Waals surface area contributed by atoms with Crippen LogP contribution in [0.2, 0.25) is 0 Å². The van der Waals surface area contributed by atoms with Gasteiger partial charge in [0, 0.05) is 50.2 Å². The van der Waals surface area contributed by atoms with E-state index in [-0.39, 0.29) is 36.2 Å². The Kier molecular flexibility index (Phi) is 7.99. The van der Waals surface area contributed by atoms with Gasteiger partial charge in [0.25, 0.3) is 0 Å². The molecule has 3 amide bonds. The van der Waals surface area contributed by atoms with E-state index in [1.807, 2.05) is 4.90 Å². The number of rotatable bonds is 4. The second-order valence-electron chi connectivity index (χ2n) is 11.8. The Morgan fingerprint density at radius 1 is 0.919 bits per heavy atom.